The number of para-hydroxylation sites is 1. The number of aliphatic hydroxyl groups is 1. The first kappa shape index (κ1) is 69.5. The second-order valence-electron chi connectivity index (χ2n) is 28.1. The number of hydrogen-bond donors (Lipinski definition) is 5. The fourth-order valence-corrected chi connectivity index (χ4v) is 14.0. The Labute approximate surface area is 590 Å². The van der Waals surface area contributed by atoms with Crippen LogP contribution in [0, 0.1) is 11.3 Å². The summed E-state index contributed by atoms with van der Waals surface area (Å²) in [7, 11) is 4.52. The molecule has 1 aliphatic carbocycles. The van der Waals surface area contributed by atoms with E-state index in [2.05, 4.69) is 36.6 Å². The van der Waals surface area contributed by atoms with Gasteiger partial charge in [-0.2, -0.15) is 0 Å². The van der Waals surface area contributed by atoms with Gasteiger partial charge in [0.05, 0.1) is 92.6 Å². The Bertz CT molecular complexity index is 4450. The summed E-state index contributed by atoms with van der Waals surface area (Å²) in [5.74, 6) is -1.17. The molecule has 0 bridgehead atoms. The van der Waals surface area contributed by atoms with Gasteiger partial charge in [0.25, 0.3) is 11.8 Å². The number of ether oxygens (including phenoxy) is 6. The first-order chi connectivity index (χ1) is 49.0. The first-order valence-corrected chi connectivity index (χ1v) is 34.4. The van der Waals surface area contributed by atoms with Crippen LogP contribution in [0.15, 0.2) is 122 Å². The highest BCUT2D eigenvalue weighted by Gasteiger charge is 2.58. The van der Waals surface area contributed by atoms with Crippen molar-refractivity contribution in [3.8, 4) is 51.4 Å². The van der Waals surface area contributed by atoms with E-state index in [1.807, 2.05) is 86.3 Å². The summed E-state index contributed by atoms with van der Waals surface area (Å²) in [5, 5.41) is 33.2. The Balaban J connectivity index is 0.614. The van der Waals surface area contributed by atoms with Crippen molar-refractivity contribution in [2.24, 2.45) is 11.3 Å². The van der Waals surface area contributed by atoms with Crippen molar-refractivity contribution in [1.29, 1.82) is 0 Å². The highest BCUT2D eigenvalue weighted by atomic mass is 16.6. The Kier molecular flexibility index (Phi) is 19.4. The Hall–Kier alpha value is -11.0. The van der Waals surface area contributed by atoms with E-state index >= 15 is 0 Å². The number of benzene rings is 5. The Morgan fingerprint density at radius 3 is 2.15 bits per heavy atom. The zero-order chi connectivity index (χ0) is 71.9. The van der Waals surface area contributed by atoms with Gasteiger partial charge in [-0.15, -0.1) is 5.10 Å². The zero-order valence-corrected chi connectivity index (χ0v) is 58.5. The number of nitrogens with one attached hydrogen (secondary N) is 4. The van der Waals surface area contributed by atoms with Crippen LogP contribution in [0.2, 0.25) is 0 Å². The molecular weight excluding hydrogens is 1300 g/mol. The number of pyridine rings is 1. The molecule has 532 valence electrons. The first-order valence-electron chi connectivity index (χ1n) is 34.4. The lowest BCUT2D eigenvalue weighted by Crippen LogP contribution is -2.53. The normalized spacial score (nSPS) is 18.1. The third kappa shape index (κ3) is 14.0. The van der Waals surface area contributed by atoms with E-state index < -0.39 is 59.6 Å². The fraction of sp³-hybridized carbons (Fsp3) is 0.395. The molecule has 5 N–H and O–H groups in total. The number of anilines is 4. The maximum absolute atomic E-state index is 14.5. The van der Waals surface area contributed by atoms with Crippen LogP contribution < -0.4 is 54.8 Å². The highest BCUT2D eigenvalue weighted by Crippen LogP contribution is 2.57. The van der Waals surface area contributed by atoms with Crippen molar-refractivity contribution in [3.05, 3.63) is 149 Å². The van der Waals surface area contributed by atoms with Crippen molar-refractivity contribution >= 4 is 69.9 Å². The predicted octanol–water partition coefficient (Wildman–Crippen LogP) is 9.70. The molecule has 0 radical (unpaired) electrons. The van der Waals surface area contributed by atoms with E-state index in [1.165, 1.54) is 33.3 Å². The minimum Gasteiger partial charge on any atom is -0.493 e. The van der Waals surface area contributed by atoms with Gasteiger partial charge in [-0.3, -0.25) is 28.8 Å². The second kappa shape index (κ2) is 28.5. The quantitative estimate of drug-likeness (QED) is 0.0418. The molecule has 2 fully saturated rings. The molecule has 7 amide bonds. The Morgan fingerprint density at radius 2 is 1.46 bits per heavy atom. The molecule has 102 heavy (non-hydrogen) atoms. The predicted molar refractivity (Wildman–Crippen MR) is 379 cm³/mol. The van der Waals surface area contributed by atoms with Gasteiger partial charge in [0.2, 0.25) is 29.5 Å². The molecule has 2 aromatic heterocycles. The third-order valence-electron chi connectivity index (χ3n) is 19.7. The van der Waals surface area contributed by atoms with Crippen LogP contribution >= 0.6 is 0 Å². The monoisotopic (exact) mass is 1390 g/mol. The number of carbonyl (C=O) groups is 7. The number of aromatic nitrogens is 4. The molecule has 6 aliphatic rings. The molecule has 7 aromatic rings. The van der Waals surface area contributed by atoms with Crippen molar-refractivity contribution in [2.75, 3.05) is 68.1 Å². The summed E-state index contributed by atoms with van der Waals surface area (Å²) < 4.78 is 37.1. The number of aliphatic hydroxyl groups excluding tert-OH is 1. The molecule has 1 spiro atoms. The van der Waals surface area contributed by atoms with E-state index in [1.54, 1.807) is 84.3 Å². The van der Waals surface area contributed by atoms with Gasteiger partial charge in [-0.05, 0) is 123 Å². The molecule has 5 aliphatic heterocycles. The minimum absolute atomic E-state index is 0.0692. The molecule has 5 aromatic carbocycles. The SMILES string of the molecule is COc1ccc(C2=CN3C(=O)c4cc(OC)c(OCCCOc5cc6c(cc5OC)C(=O)N5CC7(CC7)C[C@H]5C(O)N6C(=O)OCc5ccc(NC(=O)[C@H](C)NC(=O)[C@@H](NC(=O)CCC(=O)N6Cc7ccccc7-c7nnn(C(C)(C)C)c7-c7ccccc76)C(C)C)cc5)cc4NC[C@@H]3C2)cn1. The maximum atomic E-state index is 14.5. The highest BCUT2D eigenvalue weighted by molar-refractivity contribution is 6.07. The average molecular weight is 1390 g/mol. The van der Waals surface area contributed by atoms with Gasteiger partial charge in [0.15, 0.2) is 29.2 Å². The lowest BCUT2D eigenvalue weighted by atomic mass is 9.94. The minimum atomic E-state index is -1.49. The third-order valence-corrected chi connectivity index (χ3v) is 19.7. The van der Waals surface area contributed by atoms with Crippen molar-refractivity contribution < 1.29 is 67.1 Å². The number of methoxy groups -OCH3 is 3. The summed E-state index contributed by atoms with van der Waals surface area (Å²) >= 11 is 0. The standard InChI is InChI=1S/C76H84N12O14/c1-43(2)66(81-63(89)24-26-65(90)85-39-47-15-10-11-16-51(47)67-68(52-17-12-13-18-56(52)85)88(83-82-67)75(4,5)6)70(92)79-44(3)69(91)80-49-22-19-45(20-23-49)41-102-74(96)87-57-35-62(60(98-8)33-54(57)72(94)86-42-76(27-28-76)36-58(86)73(87)95)101-30-14-29-100-61-34-55-53(32-59(61)97-7)71(93)84-40-48(31-50(84)38-77-55)46-21-25-64(99-9)78-37-46/h10-13,15-23,25,32-35,37,40,43-44,50,58,66,73,77,95H,14,24,26-31,36,38-39,41-42H2,1-9H3,(H,79,92)(H,80,91)(H,81,89)/t44-,50-,58-,66-,73?/m0/s1. The number of hydrogen-bond acceptors (Lipinski definition) is 18. The summed E-state index contributed by atoms with van der Waals surface area (Å²) in [4.78, 5) is 109. The summed E-state index contributed by atoms with van der Waals surface area (Å²) in [6, 6.07) is 29.1. The fourth-order valence-electron chi connectivity index (χ4n) is 14.0. The molecule has 26 nitrogen and oxygen atoms in total. The van der Waals surface area contributed by atoms with E-state index in [9.17, 15) is 38.7 Å². The number of fused-ring (bicyclic) bond motifs is 9. The molecule has 5 atom stereocenters. The molecule has 7 heterocycles. The van der Waals surface area contributed by atoms with Gasteiger partial charge < -0.3 is 69.5 Å². The van der Waals surface area contributed by atoms with Crippen LogP contribution in [-0.4, -0.2) is 154 Å². The largest absolute Gasteiger partial charge is 0.493 e. The molecule has 1 saturated heterocycles. The van der Waals surface area contributed by atoms with E-state index in [0.717, 1.165) is 51.3 Å². The number of amides is 7. The van der Waals surface area contributed by atoms with Gasteiger partial charge in [-0.1, -0.05) is 73.7 Å². The zero-order valence-electron chi connectivity index (χ0n) is 58.5. The average Bonchev–Trinajstić information content (AvgIpc) is 1.56. The maximum Gasteiger partial charge on any atom is 0.416 e. The van der Waals surface area contributed by atoms with E-state index in [4.69, 9.17) is 28.4 Å². The van der Waals surface area contributed by atoms with E-state index in [-0.39, 0.29) is 91.1 Å². The molecular formula is C76H84N12O14. The van der Waals surface area contributed by atoms with Crippen molar-refractivity contribution in [3.63, 3.8) is 0 Å². The Morgan fingerprint density at radius 1 is 0.755 bits per heavy atom. The smallest absolute Gasteiger partial charge is 0.416 e. The topological polar surface area (TPSA) is 300 Å². The lowest BCUT2D eigenvalue weighted by molar-refractivity contribution is -0.132. The van der Waals surface area contributed by atoms with Crippen LogP contribution in [0.5, 0.6) is 28.9 Å². The van der Waals surface area contributed by atoms with E-state index in [0.29, 0.717) is 83.6 Å². The summed E-state index contributed by atoms with van der Waals surface area (Å²) in [6.45, 7) is 12.3. The van der Waals surface area contributed by atoms with Crippen LogP contribution in [0.1, 0.15) is 124 Å². The second-order valence-corrected chi connectivity index (χ2v) is 28.1. The lowest BCUT2D eigenvalue weighted by Gasteiger charge is -2.31. The summed E-state index contributed by atoms with van der Waals surface area (Å²) in [5.41, 5.74) is 8.08. The van der Waals surface area contributed by atoms with Gasteiger partial charge >= 0.3 is 6.09 Å². The number of nitrogens with zero attached hydrogens (tertiary/aromatic N) is 8. The van der Waals surface area contributed by atoms with Crippen molar-refractivity contribution in [2.45, 2.75) is 136 Å². The van der Waals surface area contributed by atoms with Crippen LogP contribution in [0.3, 0.4) is 0 Å². The van der Waals surface area contributed by atoms with Gasteiger partial charge in [-0.25, -0.2) is 19.4 Å². The molecule has 13 rings (SSSR count). The van der Waals surface area contributed by atoms with Crippen molar-refractivity contribution in [1.82, 2.24) is 40.4 Å². The van der Waals surface area contributed by atoms with Gasteiger partial charge in [0, 0.05) is 79.8 Å². The van der Waals surface area contributed by atoms with Crippen LogP contribution in [0.4, 0.5) is 27.5 Å². The number of rotatable bonds is 21. The number of carbonyl (C=O) groups excluding carboxylic acids is 7. The van der Waals surface area contributed by atoms with Gasteiger partial charge in [0.1, 0.15) is 24.4 Å². The summed E-state index contributed by atoms with van der Waals surface area (Å²) in [6.07, 6.45) is 4.11. The van der Waals surface area contributed by atoms with Crippen LogP contribution in [0.25, 0.3) is 28.1 Å². The molecule has 26 heteroatoms. The molecule has 1 unspecified atom stereocenters. The van der Waals surface area contributed by atoms with Crippen LogP contribution in [-0.2, 0) is 42.6 Å². The molecule has 1 saturated carbocycles.